The van der Waals surface area contributed by atoms with Crippen LogP contribution in [0.25, 0.3) is 0 Å². The van der Waals surface area contributed by atoms with Gasteiger partial charge in [0, 0.05) is 19.3 Å². The molecular weight excluding hydrogens is 202 g/mol. The topological polar surface area (TPSA) is 57.9 Å². The number of aromatic nitrogens is 1. The summed E-state index contributed by atoms with van der Waals surface area (Å²) in [6, 6.07) is 5.80. The zero-order chi connectivity index (χ0) is 11.2. The highest BCUT2D eigenvalue weighted by Crippen LogP contribution is 2.16. The van der Waals surface area contributed by atoms with Gasteiger partial charge in [0.15, 0.2) is 5.69 Å². The van der Waals surface area contributed by atoms with Crippen LogP contribution in [0.2, 0.25) is 0 Å². The van der Waals surface area contributed by atoms with Crippen LogP contribution in [-0.4, -0.2) is 24.7 Å². The van der Waals surface area contributed by atoms with Gasteiger partial charge in [-0.3, -0.25) is 0 Å². The minimum atomic E-state index is 0.458. The van der Waals surface area contributed by atoms with Gasteiger partial charge in [-0.15, -0.1) is 0 Å². The third-order valence-electron chi connectivity index (χ3n) is 2.75. The van der Waals surface area contributed by atoms with Crippen LogP contribution in [0.15, 0.2) is 18.3 Å². The molecule has 16 heavy (non-hydrogen) atoms. The summed E-state index contributed by atoms with van der Waals surface area (Å²) in [4.78, 5) is 4.01. The van der Waals surface area contributed by atoms with E-state index < -0.39 is 0 Å². The number of hydrogen-bond acceptors (Lipinski definition) is 4. The number of nitrogens with zero attached hydrogens (tertiary/aromatic N) is 2. The molecule has 0 spiro atoms. The highest BCUT2D eigenvalue weighted by atomic mass is 16.5. The summed E-state index contributed by atoms with van der Waals surface area (Å²) < 4.78 is 5.41. The van der Waals surface area contributed by atoms with E-state index in [0.29, 0.717) is 11.6 Å². The molecule has 4 heteroatoms. The van der Waals surface area contributed by atoms with Gasteiger partial charge in [-0.05, 0) is 30.9 Å². The molecule has 0 aromatic carbocycles. The average molecular weight is 217 g/mol. The van der Waals surface area contributed by atoms with Crippen LogP contribution in [0.1, 0.15) is 18.5 Å². The Balaban J connectivity index is 1.91. The third kappa shape index (κ3) is 2.71. The van der Waals surface area contributed by atoms with Crippen LogP contribution in [0.5, 0.6) is 0 Å². The first kappa shape index (κ1) is 10.9. The molecule has 2 rings (SSSR count). The molecule has 1 atom stereocenters. The Labute approximate surface area is 95.3 Å². The van der Waals surface area contributed by atoms with E-state index in [-0.39, 0.29) is 0 Å². The molecule has 84 valence electrons. The Kier molecular flexibility index (Phi) is 3.73. The van der Waals surface area contributed by atoms with Gasteiger partial charge < -0.3 is 10.1 Å². The number of ether oxygens (including phenoxy) is 1. The van der Waals surface area contributed by atoms with E-state index in [2.05, 4.69) is 16.4 Å². The summed E-state index contributed by atoms with van der Waals surface area (Å²) in [5.74, 6) is 0.542. The molecule has 1 aromatic rings. The van der Waals surface area contributed by atoms with Crippen molar-refractivity contribution >= 4 is 5.69 Å². The summed E-state index contributed by atoms with van der Waals surface area (Å²) in [5, 5.41) is 12.1. The fraction of sp³-hybridized carbons (Fsp3) is 0.500. The molecule has 1 fully saturated rings. The molecule has 0 bridgehead atoms. The largest absolute Gasteiger partial charge is 0.382 e. The van der Waals surface area contributed by atoms with Crippen molar-refractivity contribution in [2.24, 2.45) is 5.92 Å². The van der Waals surface area contributed by atoms with Crippen LogP contribution in [0, 0.1) is 17.2 Å². The van der Waals surface area contributed by atoms with Gasteiger partial charge in [-0.25, -0.2) is 4.98 Å². The molecule has 1 N–H and O–H groups in total. The number of anilines is 1. The van der Waals surface area contributed by atoms with Gasteiger partial charge in [0.05, 0.1) is 12.3 Å². The Morgan fingerprint density at radius 1 is 1.62 bits per heavy atom. The number of hydrogen-bond donors (Lipinski definition) is 1. The average Bonchev–Trinajstić information content (AvgIpc) is 2.38. The zero-order valence-corrected chi connectivity index (χ0v) is 9.15. The van der Waals surface area contributed by atoms with E-state index in [1.165, 1.54) is 6.42 Å². The molecular formula is C12H15N3O. The quantitative estimate of drug-likeness (QED) is 0.838. The van der Waals surface area contributed by atoms with E-state index in [1.807, 2.05) is 12.1 Å². The molecule has 1 saturated heterocycles. The van der Waals surface area contributed by atoms with Crippen molar-refractivity contribution in [3.8, 4) is 6.07 Å². The van der Waals surface area contributed by atoms with Gasteiger partial charge in [0.2, 0.25) is 0 Å². The molecule has 1 aliphatic heterocycles. The van der Waals surface area contributed by atoms with Crippen LogP contribution < -0.4 is 5.32 Å². The van der Waals surface area contributed by atoms with Crippen molar-refractivity contribution in [3.05, 3.63) is 24.0 Å². The lowest BCUT2D eigenvalue weighted by Gasteiger charge is -2.22. The predicted molar refractivity (Wildman–Crippen MR) is 61.0 cm³/mol. The maximum Gasteiger partial charge on any atom is 0.163 e. The maximum atomic E-state index is 8.88. The van der Waals surface area contributed by atoms with Gasteiger partial charge in [-0.1, -0.05) is 0 Å². The van der Waals surface area contributed by atoms with E-state index in [4.69, 9.17) is 10.00 Å². The first-order chi connectivity index (χ1) is 7.90. The molecule has 1 aliphatic rings. The van der Waals surface area contributed by atoms with E-state index in [1.54, 1.807) is 6.20 Å². The molecule has 0 amide bonds. The minimum absolute atomic E-state index is 0.458. The Hall–Kier alpha value is -1.60. The maximum absolute atomic E-state index is 8.88. The second kappa shape index (κ2) is 5.47. The van der Waals surface area contributed by atoms with Crippen molar-refractivity contribution in [3.63, 3.8) is 0 Å². The highest BCUT2D eigenvalue weighted by molar-refractivity contribution is 5.53. The SMILES string of the molecule is N#Cc1ncccc1NCC1CCCOC1. The molecule has 0 radical (unpaired) electrons. The normalized spacial score (nSPS) is 20.1. The summed E-state index contributed by atoms with van der Waals surface area (Å²) in [6.45, 7) is 2.54. The van der Waals surface area contributed by atoms with Gasteiger partial charge in [-0.2, -0.15) is 5.26 Å². The molecule has 1 unspecified atom stereocenters. The van der Waals surface area contributed by atoms with E-state index >= 15 is 0 Å². The second-order valence-corrected chi connectivity index (χ2v) is 3.98. The molecule has 2 heterocycles. The van der Waals surface area contributed by atoms with Crippen LogP contribution >= 0.6 is 0 Å². The summed E-state index contributed by atoms with van der Waals surface area (Å²) in [5.41, 5.74) is 1.27. The minimum Gasteiger partial charge on any atom is -0.382 e. The van der Waals surface area contributed by atoms with Gasteiger partial charge in [0.1, 0.15) is 6.07 Å². The van der Waals surface area contributed by atoms with Crippen molar-refractivity contribution in [1.82, 2.24) is 4.98 Å². The smallest absolute Gasteiger partial charge is 0.163 e. The van der Waals surface area contributed by atoms with E-state index in [0.717, 1.165) is 31.9 Å². The van der Waals surface area contributed by atoms with Crippen LogP contribution in [0.3, 0.4) is 0 Å². The first-order valence-corrected chi connectivity index (χ1v) is 5.57. The molecule has 0 aliphatic carbocycles. The number of nitrogens with one attached hydrogen (secondary N) is 1. The Morgan fingerprint density at radius 2 is 2.56 bits per heavy atom. The Morgan fingerprint density at radius 3 is 3.31 bits per heavy atom. The highest BCUT2D eigenvalue weighted by Gasteiger charge is 2.14. The lowest BCUT2D eigenvalue weighted by Crippen LogP contribution is -2.24. The van der Waals surface area contributed by atoms with Gasteiger partial charge in [0.25, 0.3) is 0 Å². The molecule has 1 aromatic heterocycles. The number of nitriles is 1. The zero-order valence-electron chi connectivity index (χ0n) is 9.15. The molecule has 4 nitrogen and oxygen atoms in total. The lowest BCUT2D eigenvalue weighted by atomic mass is 10.0. The van der Waals surface area contributed by atoms with E-state index in [9.17, 15) is 0 Å². The predicted octanol–water partition coefficient (Wildman–Crippen LogP) is 1.79. The monoisotopic (exact) mass is 217 g/mol. The summed E-state index contributed by atoms with van der Waals surface area (Å²) in [7, 11) is 0. The van der Waals surface area contributed by atoms with Gasteiger partial charge >= 0.3 is 0 Å². The standard InChI is InChI=1S/C12H15N3O/c13-7-12-11(4-1-5-14-12)15-8-10-3-2-6-16-9-10/h1,4-5,10,15H,2-3,6,8-9H2. The third-order valence-corrected chi connectivity index (χ3v) is 2.75. The number of rotatable bonds is 3. The van der Waals surface area contributed by atoms with Crippen molar-refractivity contribution in [1.29, 1.82) is 5.26 Å². The van der Waals surface area contributed by atoms with Crippen LogP contribution in [0.4, 0.5) is 5.69 Å². The fourth-order valence-corrected chi connectivity index (χ4v) is 1.86. The Bertz CT molecular complexity index is 380. The van der Waals surface area contributed by atoms with Crippen molar-refractivity contribution in [2.75, 3.05) is 25.1 Å². The number of pyridine rings is 1. The summed E-state index contributed by atoms with van der Waals surface area (Å²) in [6.07, 6.45) is 3.95. The first-order valence-electron chi connectivity index (χ1n) is 5.57. The lowest BCUT2D eigenvalue weighted by molar-refractivity contribution is 0.0595. The van der Waals surface area contributed by atoms with Crippen molar-refractivity contribution < 1.29 is 4.74 Å². The molecule has 0 saturated carbocycles. The van der Waals surface area contributed by atoms with Crippen molar-refractivity contribution in [2.45, 2.75) is 12.8 Å². The second-order valence-electron chi connectivity index (χ2n) is 3.98. The fourth-order valence-electron chi connectivity index (χ4n) is 1.86. The summed E-state index contributed by atoms with van der Waals surface area (Å²) >= 11 is 0. The van der Waals surface area contributed by atoms with Crippen LogP contribution in [-0.2, 0) is 4.74 Å².